The molecule has 0 radical (unpaired) electrons. The lowest BCUT2D eigenvalue weighted by Gasteiger charge is -2.16. The molecular formula is C12H18BrNOS. The maximum atomic E-state index is 11.7. The summed E-state index contributed by atoms with van der Waals surface area (Å²) in [6.45, 7) is 7.19. The standard InChI is InChI=1S/C12H18BrNOS/c1-3-14(4-2)8-7-10(15)9-11-5-6-12(13)16-11/h5-6H,3-4,7-9H2,1-2H3. The molecule has 0 aromatic carbocycles. The highest BCUT2D eigenvalue weighted by Gasteiger charge is 2.07. The van der Waals surface area contributed by atoms with Gasteiger partial charge in [0.25, 0.3) is 0 Å². The van der Waals surface area contributed by atoms with Crippen LogP contribution in [0.4, 0.5) is 0 Å². The molecule has 0 fully saturated rings. The Hall–Kier alpha value is -0.190. The third-order valence-electron chi connectivity index (χ3n) is 2.60. The molecule has 16 heavy (non-hydrogen) atoms. The van der Waals surface area contributed by atoms with E-state index in [4.69, 9.17) is 0 Å². The molecule has 0 unspecified atom stereocenters. The Morgan fingerprint density at radius 1 is 1.38 bits per heavy atom. The summed E-state index contributed by atoms with van der Waals surface area (Å²) >= 11 is 5.05. The lowest BCUT2D eigenvalue weighted by molar-refractivity contribution is -0.118. The van der Waals surface area contributed by atoms with Crippen LogP contribution >= 0.6 is 27.3 Å². The molecule has 0 spiro atoms. The number of ketones is 1. The molecule has 0 atom stereocenters. The second-order valence-corrected chi connectivity index (χ2v) is 6.25. The van der Waals surface area contributed by atoms with Crippen LogP contribution in [0.25, 0.3) is 0 Å². The zero-order chi connectivity index (χ0) is 12.0. The zero-order valence-electron chi connectivity index (χ0n) is 9.83. The van der Waals surface area contributed by atoms with E-state index < -0.39 is 0 Å². The van der Waals surface area contributed by atoms with Gasteiger partial charge in [-0.1, -0.05) is 13.8 Å². The molecule has 1 rings (SSSR count). The smallest absolute Gasteiger partial charge is 0.139 e. The number of carbonyl (C=O) groups excluding carboxylic acids is 1. The summed E-state index contributed by atoms with van der Waals surface area (Å²) in [6, 6.07) is 4.02. The molecule has 0 amide bonds. The van der Waals surface area contributed by atoms with Crippen molar-refractivity contribution in [3.63, 3.8) is 0 Å². The zero-order valence-corrected chi connectivity index (χ0v) is 12.2. The molecule has 0 aliphatic rings. The fraction of sp³-hybridized carbons (Fsp3) is 0.583. The first-order valence-corrected chi connectivity index (χ1v) is 7.25. The molecule has 0 bridgehead atoms. The van der Waals surface area contributed by atoms with Crippen molar-refractivity contribution in [3.8, 4) is 0 Å². The quantitative estimate of drug-likeness (QED) is 0.770. The van der Waals surface area contributed by atoms with Gasteiger partial charge in [0.2, 0.25) is 0 Å². The number of rotatable bonds is 7. The van der Waals surface area contributed by atoms with Crippen molar-refractivity contribution in [3.05, 3.63) is 20.8 Å². The number of nitrogens with zero attached hydrogens (tertiary/aromatic N) is 1. The third-order valence-corrected chi connectivity index (χ3v) is 4.23. The van der Waals surface area contributed by atoms with Crippen molar-refractivity contribution in [1.82, 2.24) is 4.90 Å². The number of halogens is 1. The SMILES string of the molecule is CCN(CC)CCC(=O)Cc1ccc(Br)s1. The number of hydrogen-bond donors (Lipinski definition) is 0. The van der Waals surface area contributed by atoms with E-state index in [1.54, 1.807) is 11.3 Å². The summed E-state index contributed by atoms with van der Waals surface area (Å²) < 4.78 is 1.10. The second-order valence-electron chi connectivity index (χ2n) is 3.70. The van der Waals surface area contributed by atoms with E-state index in [0.717, 1.165) is 28.3 Å². The van der Waals surface area contributed by atoms with E-state index in [2.05, 4.69) is 34.7 Å². The van der Waals surface area contributed by atoms with Gasteiger partial charge in [-0.05, 0) is 41.2 Å². The van der Waals surface area contributed by atoms with Crippen molar-refractivity contribution < 1.29 is 4.79 Å². The topological polar surface area (TPSA) is 20.3 Å². The van der Waals surface area contributed by atoms with Gasteiger partial charge in [0.15, 0.2) is 0 Å². The molecular weight excluding hydrogens is 286 g/mol. The third kappa shape index (κ3) is 4.76. The van der Waals surface area contributed by atoms with Gasteiger partial charge in [0, 0.05) is 24.3 Å². The number of carbonyl (C=O) groups is 1. The first-order valence-electron chi connectivity index (χ1n) is 5.64. The highest BCUT2D eigenvalue weighted by Crippen LogP contribution is 2.22. The Balaban J connectivity index is 2.31. The average Bonchev–Trinajstić information content (AvgIpc) is 2.65. The molecule has 1 aromatic rings. The lowest BCUT2D eigenvalue weighted by Crippen LogP contribution is -2.26. The van der Waals surface area contributed by atoms with Crippen LogP contribution in [-0.4, -0.2) is 30.3 Å². The van der Waals surface area contributed by atoms with Gasteiger partial charge in [-0.15, -0.1) is 11.3 Å². The Kier molecular flexibility index (Phi) is 6.24. The van der Waals surface area contributed by atoms with Gasteiger partial charge in [0.05, 0.1) is 3.79 Å². The normalized spacial score (nSPS) is 11.0. The predicted octanol–water partition coefficient (Wildman–Crippen LogP) is 3.35. The van der Waals surface area contributed by atoms with E-state index in [9.17, 15) is 4.79 Å². The van der Waals surface area contributed by atoms with Crippen molar-refractivity contribution in [2.75, 3.05) is 19.6 Å². The Labute approximate surface area is 110 Å². The van der Waals surface area contributed by atoms with Crippen LogP contribution in [0.3, 0.4) is 0 Å². The van der Waals surface area contributed by atoms with Crippen molar-refractivity contribution >= 4 is 33.0 Å². The maximum absolute atomic E-state index is 11.7. The molecule has 0 saturated heterocycles. The van der Waals surface area contributed by atoms with Crippen molar-refractivity contribution in [1.29, 1.82) is 0 Å². The molecule has 1 aromatic heterocycles. The Bertz CT molecular complexity index is 334. The minimum Gasteiger partial charge on any atom is -0.303 e. The highest BCUT2D eigenvalue weighted by atomic mass is 79.9. The Morgan fingerprint density at radius 2 is 2.06 bits per heavy atom. The first kappa shape index (κ1) is 13.9. The summed E-state index contributed by atoms with van der Waals surface area (Å²) in [7, 11) is 0. The minimum absolute atomic E-state index is 0.334. The number of hydrogen-bond acceptors (Lipinski definition) is 3. The molecule has 4 heteroatoms. The van der Waals surface area contributed by atoms with E-state index in [1.807, 2.05) is 12.1 Å². The molecule has 0 saturated carbocycles. The number of thiophene rings is 1. The summed E-state index contributed by atoms with van der Waals surface area (Å²) in [4.78, 5) is 15.2. The van der Waals surface area contributed by atoms with Gasteiger partial charge in [-0.3, -0.25) is 4.79 Å². The molecule has 0 aliphatic carbocycles. The summed E-state index contributed by atoms with van der Waals surface area (Å²) in [6.07, 6.45) is 1.24. The fourth-order valence-corrected chi connectivity index (χ4v) is 3.06. The van der Waals surface area contributed by atoms with Crippen LogP contribution in [-0.2, 0) is 11.2 Å². The van der Waals surface area contributed by atoms with Gasteiger partial charge in [0.1, 0.15) is 5.78 Å². The van der Waals surface area contributed by atoms with Gasteiger partial charge in [-0.2, -0.15) is 0 Å². The maximum Gasteiger partial charge on any atom is 0.139 e. The fourth-order valence-electron chi connectivity index (χ4n) is 1.55. The molecule has 2 nitrogen and oxygen atoms in total. The van der Waals surface area contributed by atoms with Crippen LogP contribution in [0.5, 0.6) is 0 Å². The van der Waals surface area contributed by atoms with Gasteiger partial charge in [-0.25, -0.2) is 0 Å². The molecule has 1 heterocycles. The van der Waals surface area contributed by atoms with E-state index >= 15 is 0 Å². The van der Waals surface area contributed by atoms with E-state index in [0.29, 0.717) is 18.6 Å². The van der Waals surface area contributed by atoms with Crippen LogP contribution in [0.1, 0.15) is 25.1 Å². The van der Waals surface area contributed by atoms with Gasteiger partial charge >= 0.3 is 0 Å². The summed E-state index contributed by atoms with van der Waals surface area (Å²) in [5.74, 6) is 0.334. The lowest BCUT2D eigenvalue weighted by atomic mass is 10.2. The monoisotopic (exact) mass is 303 g/mol. The summed E-state index contributed by atoms with van der Waals surface area (Å²) in [5, 5.41) is 0. The van der Waals surface area contributed by atoms with Crippen LogP contribution in [0, 0.1) is 0 Å². The van der Waals surface area contributed by atoms with Crippen molar-refractivity contribution in [2.45, 2.75) is 26.7 Å². The first-order chi connectivity index (χ1) is 7.65. The average molecular weight is 304 g/mol. The van der Waals surface area contributed by atoms with Crippen LogP contribution in [0.2, 0.25) is 0 Å². The van der Waals surface area contributed by atoms with Crippen LogP contribution in [0.15, 0.2) is 15.9 Å². The second kappa shape index (κ2) is 7.20. The van der Waals surface area contributed by atoms with Crippen molar-refractivity contribution in [2.24, 2.45) is 0 Å². The van der Waals surface area contributed by atoms with E-state index in [-0.39, 0.29) is 0 Å². The predicted molar refractivity (Wildman–Crippen MR) is 73.1 cm³/mol. The molecule has 0 aliphatic heterocycles. The Morgan fingerprint density at radius 3 is 2.56 bits per heavy atom. The van der Waals surface area contributed by atoms with Gasteiger partial charge < -0.3 is 4.90 Å². The highest BCUT2D eigenvalue weighted by molar-refractivity contribution is 9.11. The molecule has 90 valence electrons. The minimum atomic E-state index is 0.334. The van der Waals surface area contributed by atoms with E-state index in [1.165, 1.54) is 0 Å². The number of Topliss-reactive ketones (excluding diaryl/α,β-unsaturated/α-hetero) is 1. The largest absolute Gasteiger partial charge is 0.303 e. The molecule has 0 N–H and O–H groups in total. The summed E-state index contributed by atoms with van der Waals surface area (Å²) in [5.41, 5.74) is 0. The van der Waals surface area contributed by atoms with Crippen LogP contribution < -0.4 is 0 Å².